The number of carboxylic acids is 1. The van der Waals surface area contributed by atoms with E-state index in [-0.39, 0.29) is 17.9 Å². The van der Waals surface area contributed by atoms with Gasteiger partial charge in [-0.25, -0.2) is 0 Å². The minimum Gasteiger partial charge on any atom is -0.504 e. The zero-order valence-electron chi connectivity index (χ0n) is 10.9. The van der Waals surface area contributed by atoms with Crippen LogP contribution in [0.25, 0.3) is 0 Å². The number of para-hydroxylation sites is 1. The van der Waals surface area contributed by atoms with Gasteiger partial charge in [0.05, 0.1) is 11.0 Å². The summed E-state index contributed by atoms with van der Waals surface area (Å²) >= 11 is 0. The summed E-state index contributed by atoms with van der Waals surface area (Å²) in [5.74, 6) is -2.38. The van der Waals surface area contributed by atoms with Gasteiger partial charge in [0.15, 0.2) is 11.5 Å². The highest BCUT2D eigenvalue weighted by molar-refractivity contribution is 5.97. The van der Waals surface area contributed by atoms with E-state index in [4.69, 9.17) is 0 Å². The Morgan fingerprint density at radius 1 is 1.20 bits per heavy atom. The highest BCUT2D eigenvalue weighted by Gasteiger charge is 2.41. The number of carbonyl (C=O) groups is 2. The number of rotatable bonds is 4. The standard InChI is InChI=1S/C14H17NO5/c16-10-5-3-4-9(11(10)17)12(18)15-8-14(13(19)20)6-1-2-7-14/h3-5,16-17H,1-2,6-8H2,(H,15,18)(H,19,20). The largest absolute Gasteiger partial charge is 0.504 e. The van der Waals surface area contributed by atoms with E-state index in [2.05, 4.69) is 5.32 Å². The number of nitrogens with one attached hydrogen (secondary N) is 1. The molecule has 1 aromatic carbocycles. The maximum absolute atomic E-state index is 12.0. The third-order valence-corrected chi connectivity index (χ3v) is 3.86. The molecule has 1 fully saturated rings. The second kappa shape index (κ2) is 5.40. The number of carbonyl (C=O) groups excluding carboxylic acids is 1. The number of aromatic hydroxyl groups is 2. The second-order valence-corrected chi connectivity index (χ2v) is 5.15. The molecule has 0 atom stereocenters. The summed E-state index contributed by atoms with van der Waals surface area (Å²) in [6.07, 6.45) is 2.74. The van der Waals surface area contributed by atoms with Crippen molar-refractivity contribution in [2.24, 2.45) is 5.41 Å². The molecule has 0 unspecified atom stereocenters. The van der Waals surface area contributed by atoms with Crippen molar-refractivity contribution in [2.75, 3.05) is 6.54 Å². The van der Waals surface area contributed by atoms with Gasteiger partial charge in [-0.05, 0) is 25.0 Å². The Bertz CT molecular complexity index is 534. The Hall–Kier alpha value is -2.24. The van der Waals surface area contributed by atoms with Crippen molar-refractivity contribution in [1.82, 2.24) is 5.32 Å². The maximum atomic E-state index is 12.0. The lowest BCUT2D eigenvalue weighted by atomic mass is 9.86. The summed E-state index contributed by atoms with van der Waals surface area (Å²) in [4.78, 5) is 23.3. The van der Waals surface area contributed by atoms with Gasteiger partial charge in [-0.1, -0.05) is 18.9 Å². The van der Waals surface area contributed by atoms with Crippen LogP contribution in [0.4, 0.5) is 0 Å². The van der Waals surface area contributed by atoms with Crippen molar-refractivity contribution < 1.29 is 24.9 Å². The van der Waals surface area contributed by atoms with Crippen LogP contribution < -0.4 is 5.32 Å². The predicted octanol–water partition coefficient (Wildman–Crippen LogP) is 1.47. The van der Waals surface area contributed by atoms with E-state index in [0.29, 0.717) is 12.8 Å². The average Bonchev–Trinajstić information content (AvgIpc) is 2.89. The molecule has 0 bridgehead atoms. The number of phenolic OH excluding ortho intramolecular Hbond substituents is 2. The van der Waals surface area contributed by atoms with Crippen molar-refractivity contribution in [2.45, 2.75) is 25.7 Å². The number of hydrogen-bond acceptors (Lipinski definition) is 4. The third kappa shape index (κ3) is 2.54. The molecule has 0 aliphatic heterocycles. The monoisotopic (exact) mass is 279 g/mol. The van der Waals surface area contributed by atoms with Crippen molar-refractivity contribution in [1.29, 1.82) is 0 Å². The predicted molar refractivity (Wildman–Crippen MR) is 70.6 cm³/mol. The Morgan fingerprint density at radius 2 is 1.85 bits per heavy atom. The van der Waals surface area contributed by atoms with Gasteiger partial charge < -0.3 is 20.6 Å². The van der Waals surface area contributed by atoms with E-state index in [9.17, 15) is 24.9 Å². The number of benzene rings is 1. The van der Waals surface area contributed by atoms with Gasteiger partial charge >= 0.3 is 5.97 Å². The molecule has 2 rings (SSSR count). The molecule has 108 valence electrons. The first-order valence-electron chi connectivity index (χ1n) is 6.49. The average molecular weight is 279 g/mol. The fourth-order valence-electron chi connectivity index (χ4n) is 2.58. The van der Waals surface area contributed by atoms with E-state index in [1.807, 2.05) is 0 Å². The van der Waals surface area contributed by atoms with Crippen LogP contribution in [0, 0.1) is 5.41 Å². The van der Waals surface area contributed by atoms with Crippen LogP contribution in [0.1, 0.15) is 36.0 Å². The highest BCUT2D eigenvalue weighted by Crippen LogP contribution is 2.38. The normalized spacial score (nSPS) is 16.8. The molecular weight excluding hydrogens is 262 g/mol. The van der Waals surface area contributed by atoms with Crippen LogP contribution in [0.15, 0.2) is 18.2 Å². The van der Waals surface area contributed by atoms with E-state index < -0.39 is 23.0 Å². The van der Waals surface area contributed by atoms with Crippen molar-refractivity contribution in [3.05, 3.63) is 23.8 Å². The van der Waals surface area contributed by atoms with Gasteiger partial charge in [0, 0.05) is 6.54 Å². The van der Waals surface area contributed by atoms with Crippen molar-refractivity contribution >= 4 is 11.9 Å². The van der Waals surface area contributed by atoms with E-state index >= 15 is 0 Å². The third-order valence-electron chi connectivity index (χ3n) is 3.86. The van der Waals surface area contributed by atoms with Gasteiger partial charge in [0.1, 0.15) is 0 Å². The molecule has 4 N–H and O–H groups in total. The SMILES string of the molecule is O=C(NCC1(C(=O)O)CCCC1)c1cccc(O)c1O. The summed E-state index contributed by atoms with van der Waals surface area (Å²) in [7, 11) is 0. The van der Waals surface area contributed by atoms with Crippen LogP contribution in [-0.2, 0) is 4.79 Å². The minimum atomic E-state index is -0.915. The fraction of sp³-hybridized carbons (Fsp3) is 0.429. The summed E-state index contributed by atoms with van der Waals surface area (Å²) in [5, 5.41) is 30.8. The number of hydrogen-bond donors (Lipinski definition) is 4. The number of phenols is 2. The van der Waals surface area contributed by atoms with Gasteiger partial charge in [-0.2, -0.15) is 0 Å². The lowest BCUT2D eigenvalue weighted by Gasteiger charge is -2.24. The molecule has 1 amide bonds. The van der Waals surface area contributed by atoms with Gasteiger partial charge in [0.2, 0.25) is 0 Å². The first-order chi connectivity index (χ1) is 9.46. The topological polar surface area (TPSA) is 107 Å². The van der Waals surface area contributed by atoms with Crippen LogP contribution in [0.3, 0.4) is 0 Å². The second-order valence-electron chi connectivity index (χ2n) is 5.15. The molecular formula is C14H17NO5. The quantitative estimate of drug-likeness (QED) is 0.624. The highest BCUT2D eigenvalue weighted by atomic mass is 16.4. The first kappa shape index (κ1) is 14.2. The molecule has 0 saturated heterocycles. The molecule has 1 aliphatic rings. The molecule has 6 heteroatoms. The Morgan fingerprint density at radius 3 is 2.45 bits per heavy atom. The van der Waals surface area contributed by atoms with Crippen molar-refractivity contribution in [3.8, 4) is 11.5 Å². The van der Waals surface area contributed by atoms with Gasteiger partial charge in [-0.15, -0.1) is 0 Å². The smallest absolute Gasteiger partial charge is 0.311 e. The van der Waals surface area contributed by atoms with Crippen LogP contribution in [0.2, 0.25) is 0 Å². The molecule has 1 aromatic rings. The minimum absolute atomic E-state index is 0.0241. The fourth-order valence-corrected chi connectivity index (χ4v) is 2.58. The van der Waals surface area contributed by atoms with E-state index in [1.165, 1.54) is 18.2 Å². The van der Waals surface area contributed by atoms with Crippen LogP contribution >= 0.6 is 0 Å². The molecule has 0 aromatic heterocycles. The maximum Gasteiger partial charge on any atom is 0.311 e. The van der Waals surface area contributed by atoms with Crippen molar-refractivity contribution in [3.63, 3.8) is 0 Å². The number of aliphatic carboxylic acids is 1. The van der Waals surface area contributed by atoms with Gasteiger partial charge in [-0.3, -0.25) is 9.59 Å². The summed E-state index contributed by atoms with van der Waals surface area (Å²) in [6.45, 7) is 0.0241. The summed E-state index contributed by atoms with van der Waals surface area (Å²) in [6, 6.07) is 4.07. The molecule has 1 saturated carbocycles. The van der Waals surface area contributed by atoms with E-state index in [1.54, 1.807) is 0 Å². The Kier molecular flexibility index (Phi) is 3.83. The zero-order valence-corrected chi connectivity index (χ0v) is 10.9. The molecule has 0 heterocycles. The Balaban J connectivity index is 2.08. The molecule has 0 spiro atoms. The lowest BCUT2D eigenvalue weighted by Crippen LogP contribution is -2.41. The van der Waals surface area contributed by atoms with Crippen LogP contribution in [-0.4, -0.2) is 33.7 Å². The molecule has 0 radical (unpaired) electrons. The molecule has 6 nitrogen and oxygen atoms in total. The van der Waals surface area contributed by atoms with E-state index in [0.717, 1.165) is 12.8 Å². The summed E-state index contributed by atoms with van der Waals surface area (Å²) < 4.78 is 0. The first-order valence-corrected chi connectivity index (χ1v) is 6.49. The zero-order chi connectivity index (χ0) is 14.8. The molecule has 1 aliphatic carbocycles. The van der Waals surface area contributed by atoms with Gasteiger partial charge in [0.25, 0.3) is 5.91 Å². The molecule has 20 heavy (non-hydrogen) atoms. The van der Waals surface area contributed by atoms with Crippen LogP contribution in [0.5, 0.6) is 11.5 Å². The summed E-state index contributed by atoms with van der Waals surface area (Å²) in [5.41, 5.74) is -0.981. The lowest BCUT2D eigenvalue weighted by molar-refractivity contribution is -0.148. The number of amides is 1. The Labute approximate surface area is 116 Å². The number of carboxylic acid groups (broad SMARTS) is 1.